The molecule has 1 rings (SSSR count). The minimum atomic E-state index is -1.24. The molecule has 1 aromatic rings. The van der Waals surface area contributed by atoms with E-state index in [1.54, 1.807) is 14.2 Å². The van der Waals surface area contributed by atoms with Crippen molar-refractivity contribution in [1.29, 1.82) is 0 Å². The molecule has 0 fully saturated rings. The smallest absolute Gasteiger partial charge is 0.320 e. The SMILES string of the molecule is COc1ccc(OC)c([SiH2]OC(=O)C(C)=C(C(C)C)C(C)C)c1. The maximum absolute atomic E-state index is 12.4. The van der Waals surface area contributed by atoms with Gasteiger partial charge in [-0.25, -0.2) is 4.79 Å². The normalized spacial score (nSPS) is 11.2. The summed E-state index contributed by atoms with van der Waals surface area (Å²) in [5, 5.41) is 0.920. The molecule has 0 spiro atoms. The second-order valence-electron chi connectivity index (χ2n) is 6.14. The third kappa shape index (κ3) is 5.13. The molecule has 0 aliphatic rings. The quantitative estimate of drug-likeness (QED) is 0.567. The van der Waals surface area contributed by atoms with Gasteiger partial charge in [0.25, 0.3) is 9.76 Å². The van der Waals surface area contributed by atoms with E-state index in [0.717, 1.165) is 27.8 Å². The van der Waals surface area contributed by atoms with Crippen LogP contribution in [0.3, 0.4) is 0 Å². The van der Waals surface area contributed by atoms with E-state index in [-0.39, 0.29) is 5.97 Å². The maximum atomic E-state index is 12.4. The summed E-state index contributed by atoms with van der Waals surface area (Å²) in [5.41, 5.74) is 1.88. The van der Waals surface area contributed by atoms with Gasteiger partial charge in [-0.3, -0.25) is 0 Å². The average Bonchev–Trinajstić information content (AvgIpc) is 2.51. The lowest BCUT2D eigenvalue weighted by atomic mass is 9.88. The third-order valence-corrected chi connectivity index (χ3v) is 5.10. The van der Waals surface area contributed by atoms with Gasteiger partial charge in [0.15, 0.2) is 0 Å². The van der Waals surface area contributed by atoms with E-state index in [4.69, 9.17) is 13.9 Å². The molecule has 23 heavy (non-hydrogen) atoms. The second kappa shape index (κ2) is 8.77. The number of carbonyl (C=O) groups excluding carboxylic acids is 1. The summed E-state index contributed by atoms with van der Waals surface area (Å²) in [6.07, 6.45) is 0. The fourth-order valence-electron chi connectivity index (χ4n) is 2.90. The Balaban J connectivity index is 2.93. The maximum Gasteiger partial charge on any atom is 0.320 e. The van der Waals surface area contributed by atoms with Crippen molar-refractivity contribution >= 4 is 20.9 Å². The van der Waals surface area contributed by atoms with Crippen LogP contribution in [0.25, 0.3) is 0 Å². The Morgan fingerprint density at radius 2 is 1.65 bits per heavy atom. The number of methoxy groups -OCH3 is 2. The lowest BCUT2D eigenvalue weighted by molar-refractivity contribution is -0.130. The molecule has 1 aromatic carbocycles. The van der Waals surface area contributed by atoms with Crippen LogP contribution in [-0.2, 0) is 9.22 Å². The molecule has 0 aliphatic carbocycles. The van der Waals surface area contributed by atoms with E-state index in [2.05, 4.69) is 27.7 Å². The van der Waals surface area contributed by atoms with Crippen LogP contribution in [0.1, 0.15) is 34.6 Å². The van der Waals surface area contributed by atoms with Gasteiger partial charge in [0.2, 0.25) is 0 Å². The average molecular weight is 337 g/mol. The molecule has 0 aliphatic heterocycles. The largest absolute Gasteiger partial charge is 0.517 e. The van der Waals surface area contributed by atoms with Crippen molar-refractivity contribution in [3.05, 3.63) is 29.3 Å². The van der Waals surface area contributed by atoms with Crippen LogP contribution < -0.4 is 14.7 Å². The predicted molar refractivity (Wildman–Crippen MR) is 96.2 cm³/mol. The van der Waals surface area contributed by atoms with Gasteiger partial charge in [0, 0.05) is 10.8 Å². The summed E-state index contributed by atoms with van der Waals surface area (Å²) in [7, 11) is 1.99. The molecule has 0 amide bonds. The lowest BCUT2D eigenvalue weighted by Crippen LogP contribution is -2.24. The summed E-state index contributed by atoms with van der Waals surface area (Å²) in [4.78, 5) is 12.4. The van der Waals surface area contributed by atoms with E-state index >= 15 is 0 Å². The standard InChI is InChI=1S/C18H28O4Si/c1-11(2)17(12(3)4)13(5)18(19)22-23-16-10-14(20-6)8-9-15(16)21-7/h8-12H,23H2,1-7H3. The molecule has 0 heterocycles. The first-order valence-corrected chi connectivity index (χ1v) is 9.18. The molecule has 0 aromatic heterocycles. The first kappa shape index (κ1) is 19.3. The fourth-order valence-corrected chi connectivity index (χ4v) is 4.09. The van der Waals surface area contributed by atoms with E-state index in [1.807, 2.05) is 25.1 Å². The van der Waals surface area contributed by atoms with Crippen LogP contribution in [0, 0.1) is 11.8 Å². The molecular weight excluding hydrogens is 308 g/mol. The Hall–Kier alpha value is -1.75. The van der Waals surface area contributed by atoms with Crippen LogP contribution >= 0.6 is 0 Å². The molecule has 0 saturated carbocycles. The van der Waals surface area contributed by atoms with Crippen molar-refractivity contribution in [3.63, 3.8) is 0 Å². The van der Waals surface area contributed by atoms with Gasteiger partial charge in [0.05, 0.1) is 14.2 Å². The Morgan fingerprint density at radius 1 is 1.04 bits per heavy atom. The molecule has 4 nitrogen and oxygen atoms in total. The Kier molecular flexibility index (Phi) is 7.36. The second-order valence-corrected chi connectivity index (χ2v) is 7.48. The lowest BCUT2D eigenvalue weighted by Gasteiger charge is -2.19. The predicted octanol–water partition coefficient (Wildman–Crippen LogP) is 2.58. The number of carbonyl (C=O) groups is 1. The molecule has 0 atom stereocenters. The molecule has 128 valence electrons. The topological polar surface area (TPSA) is 44.8 Å². The summed E-state index contributed by atoms with van der Waals surface area (Å²) in [6, 6.07) is 5.55. The third-order valence-electron chi connectivity index (χ3n) is 3.83. The minimum absolute atomic E-state index is 0.223. The number of ether oxygens (including phenoxy) is 2. The van der Waals surface area contributed by atoms with E-state index in [0.29, 0.717) is 11.8 Å². The van der Waals surface area contributed by atoms with Crippen molar-refractivity contribution < 1.29 is 18.7 Å². The molecule has 0 N–H and O–H groups in total. The van der Waals surface area contributed by atoms with Gasteiger partial charge in [-0.05, 0) is 37.0 Å². The van der Waals surface area contributed by atoms with Gasteiger partial charge < -0.3 is 13.9 Å². The van der Waals surface area contributed by atoms with Gasteiger partial charge in [-0.2, -0.15) is 0 Å². The number of rotatable bonds is 7. The van der Waals surface area contributed by atoms with Gasteiger partial charge in [-0.1, -0.05) is 33.3 Å². The summed E-state index contributed by atoms with van der Waals surface area (Å²) in [5.74, 6) is 1.91. The Labute approximate surface area is 141 Å². The molecular formula is C18H28O4Si. The zero-order valence-electron chi connectivity index (χ0n) is 15.2. The van der Waals surface area contributed by atoms with Gasteiger partial charge in [0.1, 0.15) is 11.5 Å². The highest BCUT2D eigenvalue weighted by Crippen LogP contribution is 2.24. The molecule has 0 radical (unpaired) electrons. The minimum Gasteiger partial charge on any atom is -0.517 e. The first-order chi connectivity index (χ1) is 10.8. The zero-order valence-corrected chi connectivity index (χ0v) is 16.6. The van der Waals surface area contributed by atoms with E-state index in [1.165, 1.54) is 0 Å². The van der Waals surface area contributed by atoms with E-state index < -0.39 is 9.76 Å². The van der Waals surface area contributed by atoms with Crippen molar-refractivity contribution in [1.82, 2.24) is 0 Å². The number of benzene rings is 1. The highest BCUT2D eigenvalue weighted by molar-refractivity contribution is 6.50. The van der Waals surface area contributed by atoms with Crippen molar-refractivity contribution in [2.24, 2.45) is 11.8 Å². The number of hydrogen-bond acceptors (Lipinski definition) is 4. The summed E-state index contributed by atoms with van der Waals surface area (Å²) < 4.78 is 16.2. The Morgan fingerprint density at radius 3 is 2.13 bits per heavy atom. The first-order valence-electron chi connectivity index (χ1n) is 7.90. The molecule has 0 unspecified atom stereocenters. The highest BCUT2D eigenvalue weighted by Gasteiger charge is 2.18. The van der Waals surface area contributed by atoms with Crippen molar-refractivity contribution in [2.75, 3.05) is 14.2 Å². The molecule has 0 bridgehead atoms. The fraction of sp³-hybridized carbons (Fsp3) is 0.500. The van der Waals surface area contributed by atoms with Crippen LogP contribution in [-0.4, -0.2) is 30.0 Å². The summed E-state index contributed by atoms with van der Waals surface area (Å²) >= 11 is 0. The molecule has 5 heteroatoms. The Bertz CT molecular complexity index is 566. The number of allylic oxidation sites excluding steroid dienone is 1. The van der Waals surface area contributed by atoms with Crippen LogP contribution in [0.4, 0.5) is 0 Å². The van der Waals surface area contributed by atoms with Gasteiger partial charge in [-0.15, -0.1) is 0 Å². The van der Waals surface area contributed by atoms with Crippen molar-refractivity contribution in [2.45, 2.75) is 34.6 Å². The van der Waals surface area contributed by atoms with Gasteiger partial charge >= 0.3 is 5.97 Å². The summed E-state index contributed by atoms with van der Waals surface area (Å²) in [6.45, 7) is 10.3. The highest BCUT2D eigenvalue weighted by atomic mass is 28.2. The molecule has 0 saturated heterocycles. The van der Waals surface area contributed by atoms with Crippen LogP contribution in [0.2, 0.25) is 0 Å². The van der Waals surface area contributed by atoms with E-state index in [9.17, 15) is 4.79 Å². The van der Waals surface area contributed by atoms with Crippen molar-refractivity contribution in [3.8, 4) is 11.5 Å². The van der Waals surface area contributed by atoms with Crippen LogP contribution in [0.15, 0.2) is 29.3 Å². The monoisotopic (exact) mass is 336 g/mol. The number of hydrogen-bond donors (Lipinski definition) is 0. The van der Waals surface area contributed by atoms with Crippen LogP contribution in [0.5, 0.6) is 11.5 Å². The zero-order chi connectivity index (χ0) is 17.6.